The van der Waals surface area contributed by atoms with Crippen molar-refractivity contribution >= 4 is 14.5 Å². The van der Waals surface area contributed by atoms with E-state index < -0.39 is 14.5 Å². The van der Waals surface area contributed by atoms with E-state index in [1.165, 1.54) is 50.8 Å². The van der Waals surface area contributed by atoms with Gasteiger partial charge in [0, 0.05) is 65.6 Å². The van der Waals surface area contributed by atoms with Gasteiger partial charge in [-0.2, -0.15) is 0 Å². The highest BCUT2D eigenvalue weighted by atomic mass is 31.2. The maximum absolute atomic E-state index is 6.29. The second kappa shape index (κ2) is 17.7. The van der Waals surface area contributed by atoms with Gasteiger partial charge in [-0.15, -0.1) is 5.92 Å². The van der Waals surface area contributed by atoms with Gasteiger partial charge >= 0.3 is 0 Å². The maximum atomic E-state index is 6.29. The molecule has 0 aliphatic rings. The van der Waals surface area contributed by atoms with Crippen LogP contribution in [0.4, 0.5) is 0 Å². The Labute approximate surface area is 248 Å². The molecule has 40 heavy (non-hydrogen) atoms. The van der Waals surface area contributed by atoms with E-state index in [1.807, 2.05) is 31.2 Å². The van der Waals surface area contributed by atoms with E-state index in [0.29, 0.717) is 0 Å². The van der Waals surface area contributed by atoms with Crippen LogP contribution in [0.5, 0.6) is 11.5 Å². The molecule has 4 heteroatoms. The van der Waals surface area contributed by atoms with Gasteiger partial charge in [0.05, 0.1) is 31.1 Å². The summed E-state index contributed by atoms with van der Waals surface area (Å²) in [6, 6.07) is 12.3. The summed E-state index contributed by atoms with van der Waals surface area (Å²) in [4.78, 5) is 0. The molecule has 0 saturated heterocycles. The number of benzene rings is 2. The topological polar surface area (TPSA) is 18.5 Å². The fourth-order valence-corrected chi connectivity index (χ4v) is 6.75. The molecule has 0 spiro atoms. The van der Waals surface area contributed by atoms with E-state index in [4.69, 9.17) is 9.47 Å². The molecule has 0 aliphatic carbocycles. The smallest absolute Gasteiger partial charge is 0.135 e. The van der Waals surface area contributed by atoms with E-state index in [-0.39, 0.29) is 0 Å². The molecule has 0 aliphatic heterocycles. The lowest BCUT2D eigenvalue weighted by atomic mass is 10.1. The zero-order valence-corrected chi connectivity index (χ0v) is 28.4. The summed E-state index contributed by atoms with van der Waals surface area (Å²) in [5.41, 5.74) is 3.97. The first-order valence-electron chi connectivity index (χ1n) is 15.0. The summed E-state index contributed by atoms with van der Waals surface area (Å²) in [7, 11) is -1.32. The fourth-order valence-electron chi connectivity index (χ4n) is 4.40. The number of hydrogen-bond donors (Lipinski definition) is 0. The van der Waals surface area contributed by atoms with Gasteiger partial charge in [0.15, 0.2) is 0 Å². The van der Waals surface area contributed by atoms with Crippen molar-refractivity contribution in [3.05, 3.63) is 58.7 Å². The number of aryl methyl sites for hydroxylation is 1. The van der Waals surface area contributed by atoms with Gasteiger partial charge in [-0.05, 0) is 107 Å². The van der Waals surface area contributed by atoms with Crippen molar-refractivity contribution in [2.24, 2.45) is 0 Å². The lowest BCUT2D eigenvalue weighted by molar-refractivity contribution is 0.294. The summed E-state index contributed by atoms with van der Waals surface area (Å²) in [6.07, 6.45) is 12.6. The van der Waals surface area contributed by atoms with Crippen LogP contribution in [0, 0.1) is 30.6 Å². The minimum atomic E-state index is -0.662. The second-order valence-corrected chi connectivity index (χ2v) is 22.9. The van der Waals surface area contributed by atoms with Gasteiger partial charge in [-0.25, -0.2) is 0 Å². The standard InChI is InChI=1S/C36H54O2P2/c1-9-18-32-19-21-33(22-20-32)23-24-34-30-35(37-25-14-10-12-16-27-39(3,4)5)31(2)29-36(34)38-26-15-11-13-17-28-40(6,7)8/h19-22,29-30H,10-17,25-28H2,1-8H3/q+2. The van der Waals surface area contributed by atoms with Gasteiger partial charge in [-0.3, -0.25) is 0 Å². The fraction of sp³-hybridized carbons (Fsp3) is 0.556. The molecule has 2 nitrogen and oxygen atoms in total. The monoisotopic (exact) mass is 580 g/mol. The van der Waals surface area contributed by atoms with Crippen LogP contribution >= 0.6 is 14.5 Å². The minimum Gasteiger partial charge on any atom is -0.493 e. The largest absolute Gasteiger partial charge is 0.493 e. The van der Waals surface area contributed by atoms with Crippen LogP contribution in [0.1, 0.15) is 80.5 Å². The Morgan fingerprint density at radius 3 is 1.55 bits per heavy atom. The van der Waals surface area contributed by atoms with Crippen LogP contribution in [-0.4, -0.2) is 65.5 Å². The van der Waals surface area contributed by atoms with Gasteiger partial charge in [0.25, 0.3) is 0 Å². The second-order valence-electron chi connectivity index (χ2n) is 12.9. The van der Waals surface area contributed by atoms with Crippen molar-refractivity contribution in [2.45, 2.75) is 65.2 Å². The number of unbranched alkanes of at least 4 members (excludes halogenated alkanes) is 6. The number of hydrogen-bond acceptors (Lipinski definition) is 2. The van der Waals surface area contributed by atoms with Gasteiger partial charge in [-0.1, -0.05) is 17.8 Å². The molecule has 0 fully saturated rings. The van der Waals surface area contributed by atoms with Gasteiger partial charge in [0.1, 0.15) is 11.5 Å². The van der Waals surface area contributed by atoms with E-state index in [9.17, 15) is 0 Å². The van der Waals surface area contributed by atoms with E-state index >= 15 is 0 Å². The van der Waals surface area contributed by atoms with Crippen LogP contribution in [-0.2, 0) is 0 Å². The first-order valence-corrected chi connectivity index (χ1v) is 21.7. The molecule has 0 amide bonds. The Balaban J connectivity index is 2.03. The van der Waals surface area contributed by atoms with Crippen LogP contribution in [0.2, 0.25) is 0 Å². The highest BCUT2D eigenvalue weighted by molar-refractivity contribution is 7.74. The molecule has 0 heterocycles. The molecule has 218 valence electrons. The average Bonchev–Trinajstić information content (AvgIpc) is 2.87. The Kier molecular flexibility index (Phi) is 15.2. The van der Waals surface area contributed by atoms with Crippen LogP contribution in [0.15, 0.2) is 36.4 Å². The molecular weight excluding hydrogens is 526 g/mol. The molecule has 2 rings (SSSR count). The lowest BCUT2D eigenvalue weighted by Crippen LogP contribution is -2.03. The Morgan fingerprint density at radius 2 is 1.05 bits per heavy atom. The Morgan fingerprint density at radius 1 is 0.575 bits per heavy atom. The van der Waals surface area contributed by atoms with Crippen molar-refractivity contribution in [3.8, 4) is 35.2 Å². The molecule has 0 N–H and O–H groups in total. The first kappa shape index (κ1) is 34.2. The van der Waals surface area contributed by atoms with Crippen molar-refractivity contribution in [1.29, 1.82) is 0 Å². The molecule has 0 atom stereocenters. The van der Waals surface area contributed by atoms with Crippen molar-refractivity contribution in [3.63, 3.8) is 0 Å². The zero-order chi connectivity index (χ0) is 29.4. The van der Waals surface area contributed by atoms with Crippen molar-refractivity contribution < 1.29 is 9.47 Å². The van der Waals surface area contributed by atoms with E-state index in [2.05, 4.69) is 82.7 Å². The highest BCUT2D eigenvalue weighted by Crippen LogP contribution is 2.47. The molecule has 0 saturated carbocycles. The minimum absolute atomic E-state index is 0.654. The van der Waals surface area contributed by atoms with Gasteiger partial charge < -0.3 is 9.47 Å². The number of rotatable bonds is 16. The molecule has 0 radical (unpaired) electrons. The summed E-state index contributed by atoms with van der Waals surface area (Å²) in [5, 5.41) is 0. The number of ether oxygens (including phenoxy) is 2. The first-order chi connectivity index (χ1) is 19.0. The van der Waals surface area contributed by atoms with Crippen LogP contribution in [0.3, 0.4) is 0 Å². The normalized spacial score (nSPS) is 11.3. The third-order valence-corrected chi connectivity index (χ3v) is 10.1. The predicted octanol–water partition coefficient (Wildman–Crippen LogP) is 9.46. The van der Waals surface area contributed by atoms with Crippen LogP contribution < -0.4 is 9.47 Å². The third-order valence-electron chi connectivity index (χ3n) is 6.73. The summed E-state index contributed by atoms with van der Waals surface area (Å²) in [6.45, 7) is 20.0. The van der Waals surface area contributed by atoms with E-state index in [1.54, 1.807) is 0 Å². The zero-order valence-electron chi connectivity index (χ0n) is 26.7. The summed E-state index contributed by atoms with van der Waals surface area (Å²) >= 11 is 0. The van der Waals surface area contributed by atoms with Gasteiger partial charge in [0.2, 0.25) is 0 Å². The molecule has 2 aromatic carbocycles. The molecule has 0 bridgehead atoms. The molecule has 0 unspecified atom stereocenters. The predicted molar refractivity (Wildman–Crippen MR) is 183 cm³/mol. The quantitative estimate of drug-likeness (QED) is 0.112. The van der Waals surface area contributed by atoms with Crippen LogP contribution in [0.25, 0.3) is 0 Å². The van der Waals surface area contributed by atoms with E-state index in [0.717, 1.165) is 59.8 Å². The summed E-state index contributed by atoms with van der Waals surface area (Å²) < 4.78 is 12.5. The Bertz CT molecular complexity index is 1150. The molecular formula is C36H54O2P2+2. The lowest BCUT2D eigenvalue weighted by Gasteiger charge is -2.14. The highest BCUT2D eigenvalue weighted by Gasteiger charge is 2.16. The van der Waals surface area contributed by atoms with Crippen molar-refractivity contribution in [2.75, 3.05) is 65.5 Å². The third kappa shape index (κ3) is 15.1. The SMILES string of the molecule is CC#Cc1ccc(C#Cc2cc(OCCCCCC[P+](C)(C)C)c(C)cc2OCCCCCC[P+](C)(C)C)cc1. The Hall–Kier alpha value is -1.98. The molecule has 0 aromatic heterocycles. The average molecular weight is 581 g/mol. The summed E-state index contributed by atoms with van der Waals surface area (Å²) in [5.74, 6) is 14.5. The molecule has 2 aromatic rings. The maximum Gasteiger partial charge on any atom is 0.135 e. The van der Waals surface area contributed by atoms with Crippen molar-refractivity contribution in [1.82, 2.24) is 0 Å².